The van der Waals surface area contributed by atoms with Gasteiger partial charge in [-0.05, 0) is 17.7 Å². The summed E-state index contributed by atoms with van der Waals surface area (Å²) in [5.41, 5.74) is 12.9. The summed E-state index contributed by atoms with van der Waals surface area (Å²) in [6.07, 6.45) is 3.47. The fourth-order valence-electron chi connectivity index (χ4n) is 0.916. The second kappa shape index (κ2) is 3.99. The van der Waals surface area contributed by atoms with Gasteiger partial charge in [0.15, 0.2) is 0 Å². The van der Waals surface area contributed by atoms with Crippen LogP contribution in [0.2, 0.25) is 0 Å². The molecule has 1 atom stereocenters. The average molecular weight is 163 g/mol. The summed E-state index contributed by atoms with van der Waals surface area (Å²) in [6, 6.07) is 3.59. The molecule has 12 heavy (non-hydrogen) atoms. The van der Waals surface area contributed by atoms with Gasteiger partial charge in [0.05, 0.1) is 11.7 Å². The van der Waals surface area contributed by atoms with Gasteiger partial charge in [0.25, 0.3) is 0 Å². The third-order valence-electron chi connectivity index (χ3n) is 1.67. The van der Waals surface area contributed by atoms with Gasteiger partial charge in [0, 0.05) is 12.7 Å². The minimum atomic E-state index is -0.176. The molecule has 0 fully saturated rings. The van der Waals surface area contributed by atoms with Crippen molar-refractivity contribution in [3.05, 3.63) is 36.2 Å². The zero-order valence-corrected chi connectivity index (χ0v) is 6.90. The predicted molar refractivity (Wildman–Crippen MR) is 50.3 cm³/mol. The molecule has 3 nitrogen and oxygen atoms in total. The molecule has 4 N–H and O–H groups in total. The van der Waals surface area contributed by atoms with E-state index < -0.39 is 0 Å². The van der Waals surface area contributed by atoms with E-state index in [9.17, 15) is 0 Å². The van der Waals surface area contributed by atoms with E-state index in [2.05, 4.69) is 11.6 Å². The van der Waals surface area contributed by atoms with Gasteiger partial charge < -0.3 is 11.5 Å². The molecule has 1 aromatic heterocycles. The van der Waals surface area contributed by atoms with Crippen LogP contribution in [0.25, 0.3) is 6.08 Å². The minimum absolute atomic E-state index is 0.176. The predicted octanol–water partition coefficient (Wildman–Crippen LogP) is 0.683. The topological polar surface area (TPSA) is 64.9 Å². The molecule has 1 aromatic rings. The molecule has 64 valence electrons. The van der Waals surface area contributed by atoms with Crippen molar-refractivity contribution in [2.24, 2.45) is 11.5 Å². The molecule has 0 saturated heterocycles. The highest BCUT2D eigenvalue weighted by Gasteiger charge is 2.03. The molecule has 0 radical (unpaired) electrons. The number of nitrogens with two attached hydrogens (primary N) is 2. The molecule has 1 rings (SSSR count). The van der Waals surface area contributed by atoms with Crippen LogP contribution in [0.15, 0.2) is 24.9 Å². The van der Waals surface area contributed by atoms with E-state index >= 15 is 0 Å². The molecule has 0 spiro atoms. The van der Waals surface area contributed by atoms with E-state index in [-0.39, 0.29) is 6.04 Å². The van der Waals surface area contributed by atoms with Crippen molar-refractivity contribution in [2.45, 2.75) is 6.04 Å². The van der Waals surface area contributed by atoms with Gasteiger partial charge in [-0.2, -0.15) is 0 Å². The van der Waals surface area contributed by atoms with Crippen LogP contribution in [0.3, 0.4) is 0 Å². The van der Waals surface area contributed by atoms with Crippen molar-refractivity contribution in [1.82, 2.24) is 4.98 Å². The Morgan fingerprint density at radius 3 is 3.00 bits per heavy atom. The highest BCUT2D eigenvalue weighted by Crippen LogP contribution is 2.08. The maximum absolute atomic E-state index is 5.70. The molecule has 0 aliphatic heterocycles. The summed E-state index contributed by atoms with van der Waals surface area (Å²) < 4.78 is 0. The highest BCUT2D eigenvalue weighted by atomic mass is 14.8. The Labute approximate surface area is 72.1 Å². The van der Waals surface area contributed by atoms with Crippen LogP contribution >= 0.6 is 0 Å². The van der Waals surface area contributed by atoms with Gasteiger partial charge in [-0.1, -0.05) is 12.7 Å². The molecule has 0 amide bonds. The van der Waals surface area contributed by atoms with E-state index in [0.717, 1.165) is 11.3 Å². The molecular weight excluding hydrogens is 150 g/mol. The van der Waals surface area contributed by atoms with Crippen LogP contribution in [0.1, 0.15) is 17.3 Å². The number of hydrogen-bond acceptors (Lipinski definition) is 3. The molecular formula is C9H13N3. The second-order valence-electron chi connectivity index (χ2n) is 2.56. The summed E-state index contributed by atoms with van der Waals surface area (Å²) in [5, 5.41) is 0. The lowest BCUT2D eigenvalue weighted by atomic mass is 10.1. The van der Waals surface area contributed by atoms with Gasteiger partial charge in [-0.3, -0.25) is 4.98 Å². The maximum atomic E-state index is 5.70. The number of hydrogen-bond donors (Lipinski definition) is 2. The van der Waals surface area contributed by atoms with Crippen molar-refractivity contribution in [3.63, 3.8) is 0 Å². The Morgan fingerprint density at radius 2 is 2.42 bits per heavy atom. The van der Waals surface area contributed by atoms with E-state index in [1.54, 1.807) is 12.3 Å². The van der Waals surface area contributed by atoms with Gasteiger partial charge in [0.1, 0.15) is 0 Å². The zero-order chi connectivity index (χ0) is 8.97. The lowest BCUT2D eigenvalue weighted by Crippen LogP contribution is -2.21. The van der Waals surface area contributed by atoms with Crippen LogP contribution in [-0.2, 0) is 0 Å². The van der Waals surface area contributed by atoms with E-state index in [0.29, 0.717) is 6.54 Å². The summed E-state index contributed by atoms with van der Waals surface area (Å²) >= 11 is 0. The van der Waals surface area contributed by atoms with Crippen LogP contribution in [-0.4, -0.2) is 11.5 Å². The van der Waals surface area contributed by atoms with E-state index in [1.165, 1.54) is 0 Å². The molecule has 0 saturated carbocycles. The fraction of sp³-hybridized carbons (Fsp3) is 0.222. The average Bonchev–Trinajstić information content (AvgIpc) is 2.17. The van der Waals surface area contributed by atoms with Crippen molar-refractivity contribution in [3.8, 4) is 0 Å². The zero-order valence-electron chi connectivity index (χ0n) is 6.90. The maximum Gasteiger partial charge on any atom is 0.0594 e. The first kappa shape index (κ1) is 8.90. The normalized spacial score (nSPS) is 12.5. The SMILES string of the molecule is C=Cc1ccnc(C(N)CN)c1. The number of nitrogens with zero attached hydrogens (tertiary/aromatic N) is 1. The second-order valence-corrected chi connectivity index (χ2v) is 2.56. The van der Waals surface area contributed by atoms with Gasteiger partial charge in [-0.15, -0.1) is 0 Å². The Hall–Kier alpha value is -1.19. The standard InChI is InChI=1S/C9H13N3/c1-2-7-3-4-12-9(5-7)8(11)6-10/h2-5,8H,1,6,10-11H2. The quantitative estimate of drug-likeness (QED) is 0.688. The fourth-order valence-corrected chi connectivity index (χ4v) is 0.916. The van der Waals surface area contributed by atoms with Crippen molar-refractivity contribution in [1.29, 1.82) is 0 Å². The molecule has 0 aliphatic rings. The minimum Gasteiger partial charge on any atom is -0.329 e. The molecule has 3 heteroatoms. The Bertz CT molecular complexity index is 270. The van der Waals surface area contributed by atoms with E-state index in [4.69, 9.17) is 11.5 Å². The monoisotopic (exact) mass is 163 g/mol. The first-order chi connectivity index (χ1) is 5.77. The van der Waals surface area contributed by atoms with Gasteiger partial charge >= 0.3 is 0 Å². The lowest BCUT2D eigenvalue weighted by Gasteiger charge is -2.07. The number of aromatic nitrogens is 1. The van der Waals surface area contributed by atoms with Crippen LogP contribution in [0.5, 0.6) is 0 Å². The summed E-state index contributed by atoms with van der Waals surface area (Å²) in [5.74, 6) is 0. The van der Waals surface area contributed by atoms with Crippen LogP contribution < -0.4 is 11.5 Å². The first-order valence-electron chi connectivity index (χ1n) is 3.82. The molecule has 1 heterocycles. The third-order valence-corrected chi connectivity index (χ3v) is 1.67. The third kappa shape index (κ3) is 1.90. The molecule has 0 bridgehead atoms. The Balaban J connectivity index is 2.93. The summed E-state index contributed by atoms with van der Waals surface area (Å²) in [7, 11) is 0. The molecule has 1 unspecified atom stereocenters. The lowest BCUT2D eigenvalue weighted by molar-refractivity contribution is 0.711. The molecule has 0 aromatic carbocycles. The summed E-state index contributed by atoms with van der Waals surface area (Å²) in [6.45, 7) is 4.07. The first-order valence-corrected chi connectivity index (χ1v) is 3.82. The molecule has 0 aliphatic carbocycles. The Morgan fingerprint density at radius 1 is 1.67 bits per heavy atom. The van der Waals surface area contributed by atoms with Crippen LogP contribution in [0.4, 0.5) is 0 Å². The number of rotatable bonds is 3. The van der Waals surface area contributed by atoms with Gasteiger partial charge in [-0.25, -0.2) is 0 Å². The highest BCUT2D eigenvalue weighted by molar-refractivity contribution is 5.46. The Kier molecular flexibility index (Phi) is 2.96. The van der Waals surface area contributed by atoms with E-state index in [1.807, 2.05) is 12.1 Å². The van der Waals surface area contributed by atoms with Crippen molar-refractivity contribution >= 4 is 6.08 Å². The summed E-state index contributed by atoms with van der Waals surface area (Å²) in [4.78, 5) is 4.11. The smallest absolute Gasteiger partial charge is 0.0594 e. The van der Waals surface area contributed by atoms with Gasteiger partial charge in [0.2, 0.25) is 0 Å². The largest absolute Gasteiger partial charge is 0.329 e. The van der Waals surface area contributed by atoms with Crippen LogP contribution in [0, 0.1) is 0 Å². The van der Waals surface area contributed by atoms with Crippen molar-refractivity contribution in [2.75, 3.05) is 6.54 Å². The van der Waals surface area contributed by atoms with Crippen molar-refractivity contribution < 1.29 is 0 Å². The number of pyridine rings is 1.